The summed E-state index contributed by atoms with van der Waals surface area (Å²) >= 11 is 6.00. The smallest absolute Gasteiger partial charge is 0.152 e. The van der Waals surface area contributed by atoms with E-state index in [1.807, 2.05) is 36.4 Å². The molecule has 0 aliphatic heterocycles. The van der Waals surface area contributed by atoms with E-state index in [9.17, 15) is 0 Å². The Morgan fingerprint density at radius 1 is 1.00 bits per heavy atom. The molecule has 1 saturated carbocycles. The number of hydrazine groups is 1. The third-order valence-corrected chi connectivity index (χ3v) is 6.33. The second kappa shape index (κ2) is 9.25. The van der Waals surface area contributed by atoms with Crippen molar-refractivity contribution in [3.63, 3.8) is 0 Å². The predicted molar refractivity (Wildman–Crippen MR) is 126 cm³/mol. The van der Waals surface area contributed by atoms with E-state index >= 15 is 0 Å². The number of nitrogens with zero attached hydrogens (tertiary/aromatic N) is 2. The van der Waals surface area contributed by atoms with E-state index in [0.717, 1.165) is 47.6 Å². The quantitative estimate of drug-likeness (QED) is 0.388. The largest absolute Gasteiger partial charge is 0.271 e. The molecule has 0 unspecified atom stereocenters. The Balaban J connectivity index is 1.73. The molecule has 4 rings (SSSR count). The molecule has 1 aromatic heterocycles. The number of hydrogen-bond acceptors (Lipinski definition) is 4. The first-order valence-electron chi connectivity index (χ1n) is 10.7. The fraction of sp³-hybridized carbons (Fsp3) is 0.360. The summed E-state index contributed by atoms with van der Waals surface area (Å²) in [6, 6.07) is 14.8. The number of aromatic nitrogens is 2. The number of benzene rings is 2. The Morgan fingerprint density at radius 3 is 2.40 bits per heavy atom. The van der Waals surface area contributed by atoms with Crippen LogP contribution in [0.3, 0.4) is 0 Å². The zero-order valence-electron chi connectivity index (χ0n) is 17.6. The molecule has 0 saturated heterocycles. The number of nitrogens with one attached hydrogen (secondary N) is 1. The monoisotopic (exact) mass is 420 g/mol. The van der Waals surface area contributed by atoms with Crippen LogP contribution in [0.5, 0.6) is 0 Å². The standard InChI is InChI=1S/C25H29ClN4/c1-16(2)19-8-13-23-22(15-19)25(18-6-11-21(30-27)12-7-18)29-24(28-23)14-5-17-3-9-20(26)10-4-17/h3-5,8-10,13-16,18,21,30H,6-7,11-12,27H2,1-2H3/b14-5-. The van der Waals surface area contributed by atoms with E-state index in [4.69, 9.17) is 27.4 Å². The highest BCUT2D eigenvalue weighted by Crippen LogP contribution is 2.36. The Kier molecular flexibility index (Phi) is 6.47. The van der Waals surface area contributed by atoms with Gasteiger partial charge in [0.15, 0.2) is 5.82 Å². The second-order valence-corrected chi connectivity index (χ2v) is 8.93. The number of fused-ring (bicyclic) bond motifs is 1. The van der Waals surface area contributed by atoms with Gasteiger partial charge in [-0.15, -0.1) is 0 Å². The van der Waals surface area contributed by atoms with Crippen molar-refractivity contribution in [3.8, 4) is 0 Å². The molecule has 2 aromatic carbocycles. The van der Waals surface area contributed by atoms with Crippen LogP contribution >= 0.6 is 11.6 Å². The zero-order chi connectivity index (χ0) is 21.1. The van der Waals surface area contributed by atoms with Crippen molar-refractivity contribution < 1.29 is 0 Å². The lowest BCUT2D eigenvalue weighted by Gasteiger charge is -2.28. The van der Waals surface area contributed by atoms with Crippen molar-refractivity contribution >= 4 is 34.7 Å². The average molecular weight is 421 g/mol. The molecule has 1 aliphatic rings. The second-order valence-electron chi connectivity index (χ2n) is 8.50. The normalized spacial score (nSPS) is 19.8. The van der Waals surface area contributed by atoms with E-state index in [0.29, 0.717) is 17.9 Å². The molecule has 1 aliphatic carbocycles. The highest BCUT2D eigenvalue weighted by molar-refractivity contribution is 6.30. The summed E-state index contributed by atoms with van der Waals surface area (Å²) in [7, 11) is 0. The van der Waals surface area contributed by atoms with Gasteiger partial charge in [-0.25, -0.2) is 9.97 Å². The summed E-state index contributed by atoms with van der Waals surface area (Å²) in [6.07, 6.45) is 8.37. The number of halogens is 1. The molecule has 1 heterocycles. The first-order chi connectivity index (χ1) is 14.5. The summed E-state index contributed by atoms with van der Waals surface area (Å²) in [5.74, 6) is 7.33. The number of rotatable bonds is 5. The molecule has 3 aromatic rings. The van der Waals surface area contributed by atoms with Gasteiger partial charge in [0.1, 0.15) is 0 Å². The molecule has 3 N–H and O–H groups in total. The molecule has 1 fully saturated rings. The van der Waals surface area contributed by atoms with Crippen LogP contribution in [0.25, 0.3) is 23.1 Å². The van der Waals surface area contributed by atoms with Crippen molar-refractivity contribution in [2.75, 3.05) is 0 Å². The summed E-state index contributed by atoms with van der Waals surface area (Å²) in [5, 5.41) is 1.92. The van der Waals surface area contributed by atoms with Crippen molar-refractivity contribution in [1.82, 2.24) is 15.4 Å². The molecule has 0 spiro atoms. The van der Waals surface area contributed by atoms with Gasteiger partial charge in [-0.3, -0.25) is 11.3 Å². The topological polar surface area (TPSA) is 63.8 Å². The highest BCUT2D eigenvalue weighted by atomic mass is 35.5. The molecular formula is C25H29ClN4. The molecule has 0 radical (unpaired) electrons. The van der Waals surface area contributed by atoms with Crippen LogP contribution in [-0.2, 0) is 0 Å². The highest BCUT2D eigenvalue weighted by Gasteiger charge is 2.25. The van der Waals surface area contributed by atoms with Gasteiger partial charge in [-0.1, -0.05) is 49.7 Å². The molecule has 4 nitrogen and oxygen atoms in total. The van der Waals surface area contributed by atoms with E-state index in [2.05, 4.69) is 37.5 Å². The van der Waals surface area contributed by atoms with E-state index in [1.165, 1.54) is 16.6 Å². The van der Waals surface area contributed by atoms with Crippen molar-refractivity contribution in [3.05, 3.63) is 70.1 Å². The average Bonchev–Trinajstić information content (AvgIpc) is 2.78. The van der Waals surface area contributed by atoms with Crippen LogP contribution in [0.1, 0.15) is 74.0 Å². The first kappa shape index (κ1) is 21.0. The van der Waals surface area contributed by atoms with Gasteiger partial charge in [0.05, 0.1) is 11.2 Å². The third-order valence-electron chi connectivity index (χ3n) is 6.08. The first-order valence-corrected chi connectivity index (χ1v) is 11.1. The Bertz CT molecular complexity index is 1030. The Morgan fingerprint density at radius 2 is 1.73 bits per heavy atom. The summed E-state index contributed by atoms with van der Waals surface area (Å²) < 4.78 is 0. The minimum atomic E-state index is 0.407. The maximum Gasteiger partial charge on any atom is 0.152 e. The Labute approximate surface area is 183 Å². The maximum absolute atomic E-state index is 6.00. The third kappa shape index (κ3) is 4.72. The molecule has 0 amide bonds. The van der Waals surface area contributed by atoms with Crippen molar-refractivity contribution in [1.29, 1.82) is 0 Å². The van der Waals surface area contributed by atoms with Crippen LogP contribution in [0.4, 0.5) is 0 Å². The van der Waals surface area contributed by atoms with Crippen LogP contribution < -0.4 is 11.3 Å². The van der Waals surface area contributed by atoms with Crippen molar-refractivity contribution in [2.24, 2.45) is 5.84 Å². The van der Waals surface area contributed by atoms with Gasteiger partial charge < -0.3 is 0 Å². The lowest BCUT2D eigenvalue weighted by Crippen LogP contribution is -2.37. The summed E-state index contributed by atoms with van der Waals surface area (Å²) in [6.45, 7) is 4.45. The minimum Gasteiger partial charge on any atom is -0.271 e. The number of nitrogens with two attached hydrogens (primary N) is 1. The van der Waals surface area contributed by atoms with Gasteiger partial charge in [0.2, 0.25) is 0 Å². The predicted octanol–water partition coefficient (Wildman–Crippen LogP) is 6.07. The fourth-order valence-electron chi connectivity index (χ4n) is 4.21. The molecule has 0 atom stereocenters. The van der Waals surface area contributed by atoms with Crippen LogP contribution in [0, 0.1) is 0 Å². The summed E-state index contributed by atoms with van der Waals surface area (Å²) in [4.78, 5) is 9.87. The minimum absolute atomic E-state index is 0.407. The van der Waals surface area contributed by atoms with Gasteiger partial charge in [0, 0.05) is 22.4 Å². The lowest BCUT2D eigenvalue weighted by molar-refractivity contribution is 0.344. The molecule has 30 heavy (non-hydrogen) atoms. The van der Waals surface area contributed by atoms with Gasteiger partial charge in [0.25, 0.3) is 0 Å². The summed E-state index contributed by atoms with van der Waals surface area (Å²) in [5.41, 5.74) is 7.53. The fourth-order valence-corrected chi connectivity index (χ4v) is 4.34. The van der Waals surface area contributed by atoms with Gasteiger partial charge in [-0.2, -0.15) is 0 Å². The lowest BCUT2D eigenvalue weighted by atomic mass is 9.82. The molecular weight excluding hydrogens is 392 g/mol. The van der Waals surface area contributed by atoms with Gasteiger partial charge in [-0.05, 0) is 73.1 Å². The maximum atomic E-state index is 6.00. The van der Waals surface area contributed by atoms with Gasteiger partial charge >= 0.3 is 0 Å². The van der Waals surface area contributed by atoms with E-state index in [1.54, 1.807) is 0 Å². The number of hydrogen-bond donors (Lipinski definition) is 2. The van der Waals surface area contributed by atoms with Crippen molar-refractivity contribution in [2.45, 2.75) is 57.4 Å². The van der Waals surface area contributed by atoms with Crippen LogP contribution in [0.15, 0.2) is 42.5 Å². The zero-order valence-corrected chi connectivity index (χ0v) is 18.4. The van der Waals surface area contributed by atoms with E-state index in [-0.39, 0.29) is 0 Å². The molecule has 5 heteroatoms. The Hall–Kier alpha value is -2.27. The molecule has 0 bridgehead atoms. The van der Waals surface area contributed by atoms with Crippen LogP contribution in [0.2, 0.25) is 5.02 Å². The van der Waals surface area contributed by atoms with E-state index < -0.39 is 0 Å². The SMILES string of the molecule is CC(C)c1ccc2nc(/C=C\c3ccc(Cl)cc3)nc(C3CCC(NN)CC3)c2c1. The van der Waals surface area contributed by atoms with Crippen LogP contribution in [-0.4, -0.2) is 16.0 Å². The molecule has 156 valence electrons.